The third-order valence-corrected chi connectivity index (χ3v) is 7.50. The molecule has 4 rings (SSSR count). The first-order chi connectivity index (χ1) is 12.6. The van der Waals surface area contributed by atoms with E-state index in [9.17, 15) is 8.42 Å². The van der Waals surface area contributed by atoms with Gasteiger partial charge in [-0.1, -0.05) is 12.1 Å². The second kappa shape index (κ2) is 7.56. The maximum Gasteiger partial charge on any atom is 0.271 e. The highest BCUT2D eigenvalue weighted by Gasteiger charge is 2.29. The molecule has 0 radical (unpaired) electrons. The highest BCUT2D eigenvalue weighted by atomic mass is 32.2. The van der Waals surface area contributed by atoms with Gasteiger partial charge in [0, 0.05) is 18.7 Å². The number of para-hydroxylation sites is 2. The molecule has 0 amide bonds. The van der Waals surface area contributed by atoms with Crippen LogP contribution in [0, 0.1) is 0 Å². The van der Waals surface area contributed by atoms with E-state index in [1.165, 1.54) is 17.8 Å². The Kier molecular flexibility index (Phi) is 5.17. The number of ether oxygens (including phenoxy) is 2. The minimum atomic E-state index is -3.72. The summed E-state index contributed by atoms with van der Waals surface area (Å²) < 4.78 is 40.1. The molecular formula is C18H22N2O4S2. The second-order valence-corrected chi connectivity index (χ2v) is 9.20. The highest BCUT2D eigenvalue weighted by molar-refractivity contribution is 7.94. The molecule has 0 aliphatic carbocycles. The van der Waals surface area contributed by atoms with Crippen LogP contribution in [0.4, 0.5) is 11.4 Å². The Bertz CT molecular complexity index is 854. The zero-order valence-corrected chi connectivity index (χ0v) is 16.0. The molecule has 6 nitrogen and oxygen atoms in total. The molecule has 140 valence electrons. The number of nitrogens with zero attached hydrogens (tertiary/aromatic N) is 1. The summed E-state index contributed by atoms with van der Waals surface area (Å²) in [7, 11) is -3.72. The normalized spacial score (nSPS) is 19.0. The first-order valence-electron chi connectivity index (χ1n) is 8.82. The van der Waals surface area contributed by atoms with Crippen molar-refractivity contribution >= 4 is 32.7 Å². The predicted octanol–water partition coefficient (Wildman–Crippen LogP) is 3.58. The largest absolute Gasteiger partial charge is 0.370 e. The molecule has 1 aromatic carbocycles. The van der Waals surface area contributed by atoms with Crippen LogP contribution in [0.25, 0.3) is 0 Å². The maximum absolute atomic E-state index is 13.0. The van der Waals surface area contributed by atoms with Gasteiger partial charge in [0.05, 0.1) is 24.6 Å². The fourth-order valence-electron chi connectivity index (χ4n) is 3.40. The SMILES string of the molecule is O=S(=O)(Nc1ccccc1N1CCCCC1)c1sccc1C1OCCO1. The van der Waals surface area contributed by atoms with Gasteiger partial charge < -0.3 is 14.4 Å². The minimum Gasteiger partial charge on any atom is -0.370 e. The van der Waals surface area contributed by atoms with Crippen molar-refractivity contribution in [1.82, 2.24) is 0 Å². The zero-order valence-electron chi connectivity index (χ0n) is 14.4. The fourth-order valence-corrected chi connectivity index (χ4v) is 5.86. The monoisotopic (exact) mass is 394 g/mol. The fraction of sp³-hybridized carbons (Fsp3) is 0.444. The molecule has 2 aliphatic rings. The Morgan fingerprint density at radius 3 is 2.54 bits per heavy atom. The molecule has 0 unspecified atom stereocenters. The lowest BCUT2D eigenvalue weighted by Crippen LogP contribution is -2.30. The second-order valence-electron chi connectivity index (χ2n) is 6.41. The number of hydrogen-bond acceptors (Lipinski definition) is 6. The number of rotatable bonds is 5. The highest BCUT2D eigenvalue weighted by Crippen LogP contribution is 2.36. The molecular weight excluding hydrogens is 372 g/mol. The lowest BCUT2D eigenvalue weighted by atomic mass is 10.1. The summed E-state index contributed by atoms with van der Waals surface area (Å²) in [5, 5.41) is 1.76. The summed E-state index contributed by atoms with van der Waals surface area (Å²) in [6.07, 6.45) is 2.88. The van der Waals surface area contributed by atoms with Crippen LogP contribution in [0.1, 0.15) is 31.1 Å². The molecule has 2 aromatic rings. The van der Waals surface area contributed by atoms with Crippen molar-refractivity contribution in [2.24, 2.45) is 0 Å². The van der Waals surface area contributed by atoms with Crippen LogP contribution in [0.3, 0.4) is 0 Å². The van der Waals surface area contributed by atoms with Crippen molar-refractivity contribution in [1.29, 1.82) is 0 Å². The van der Waals surface area contributed by atoms with Crippen molar-refractivity contribution in [3.05, 3.63) is 41.3 Å². The van der Waals surface area contributed by atoms with Gasteiger partial charge >= 0.3 is 0 Å². The van der Waals surface area contributed by atoms with E-state index in [1.54, 1.807) is 11.4 Å². The molecule has 1 aromatic heterocycles. The van der Waals surface area contributed by atoms with Gasteiger partial charge in [0.2, 0.25) is 0 Å². The summed E-state index contributed by atoms with van der Waals surface area (Å²) in [6, 6.07) is 9.34. The molecule has 2 fully saturated rings. The summed E-state index contributed by atoms with van der Waals surface area (Å²) in [5.74, 6) is 0. The van der Waals surface area contributed by atoms with Crippen molar-refractivity contribution in [2.75, 3.05) is 35.9 Å². The average molecular weight is 395 g/mol. The summed E-state index contributed by atoms with van der Waals surface area (Å²) in [5.41, 5.74) is 2.11. The van der Waals surface area contributed by atoms with E-state index in [1.807, 2.05) is 24.3 Å². The number of piperidine rings is 1. The molecule has 1 N–H and O–H groups in total. The molecule has 0 bridgehead atoms. The standard InChI is InChI=1S/C18H22N2O4S2/c21-26(22,18-14(8-13-25-18)17-23-11-12-24-17)19-15-6-2-3-7-16(15)20-9-4-1-5-10-20/h2-3,6-8,13,17,19H,1,4-5,9-12H2. The third-order valence-electron chi connectivity index (χ3n) is 4.62. The van der Waals surface area contributed by atoms with Gasteiger partial charge in [-0.25, -0.2) is 8.42 Å². The van der Waals surface area contributed by atoms with Gasteiger partial charge in [0.1, 0.15) is 4.21 Å². The van der Waals surface area contributed by atoms with Gasteiger partial charge in [0.15, 0.2) is 6.29 Å². The van der Waals surface area contributed by atoms with Crippen LogP contribution >= 0.6 is 11.3 Å². The van der Waals surface area contributed by atoms with Crippen molar-refractivity contribution in [3.63, 3.8) is 0 Å². The van der Waals surface area contributed by atoms with Gasteiger partial charge in [-0.3, -0.25) is 4.72 Å². The van der Waals surface area contributed by atoms with E-state index in [0.29, 0.717) is 24.5 Å². The topological polar surface area (TPSA) is 67.9 Å². The van der Waals surface area contributed by atoms with Crippen LogP contribution in [0.5, 0.6) is 0 Å². The summed E-state index contributed by atoms with van der Waals surface area (Å²) in [6.45, 7) is 2.86. The number of nitrogens with one attached hydrogen (secondary N) is 1. The van der Waals surface area contributed by atoms with E-state index in [-0.39, 0.29) is 4.21 Å². The Morgan fingerprint density at radius 2 is 1.77 bits per heavy atom. The molecule has 26 heavy (non-hydrogen) atoms. The van der Waals surface area contributed by atoms with Crippen LogP contribution in [0.2, 0.25) is 0 Å². The van der Waals surface area contributed by atoms with Gasteiger partial charge in [-0.15, -0.1) is 11.3 Å². The maximum atomic E-state index is 13.0. The molecule has 8 heteroatoms. The molecule has 0 spiro atoms. The van der Waals surface area contributed by atoms with Crippen LogP contribution in [0.15, 0.2) is 39.9 Å². The zero-order chi connectivity index (χ0) is 18.0. The molecule has 0 atom stereocenters. The van der Waals surface area contributed by atoms with Crippen LogP contribution in [-0.2, 0) is 19.5 Å². The van der Waals surface area contributed by atoms with Gasteiger partial charge in [0.25, 0.3) is 10.0 Å². The molecule has 2 aliphatic heterocycles. The van der Waals surface area contributed by atoms with E-state index < -0.39 is 16.3 Å². The van der Waals surface area contributed by atoms with Crippen molar-refractivity contribution < 1.29 is 17.9 Å². The Balaban J connectivity index is 1.62. The Labute approximate surface area is 157 Å². The first-order valence-corrected chi connectivity index (χ1v) is 11.2. The predicted molar refractivity (Wildman–Crippen MR) is 102 cm³/mol. The summed E-state index contributed by atoms with van der Waals surface area (Å²) in [4.78, 5) is 2.25. The van der Waals surface area contributed by atoms with Gasteiger partial charge in [-0.2, -0.15) is 0 Å². The quantitative estimate of drug-likeness (QED) is 0.839. The number of anilines is 2. The third kappa shape index (κ3) is 3.59. The van der Waals surface area contributed by atoms with Crippen LogP contribution < -0.4 is 9.62 Å². The lowest BCUT2D eigenvalue weighted by molar-refractivity contribution is -0.0456. The van der Waals surface area contributed by atoms with Crippen molar-refractivity contribution in [2.45, 2.75) is 29.8 Å². The Hall–Kier alpha value is -1.61. The summed E-state index contributed by atoms with van der Waals surface area (Å²) >= 11 is 1.18. The molecule has 2 saturated heterocycles. The molecule has 3 heterocycles. The van der Waals surface area contributed by atoms with Gasteiger partial charge in [-0.05, 0) is 42.8 Å². The number of sulfonamides is 1. The minimum absolute atomic E-state index is 0.248. The lowest BCUT2D eigenvalue weighted by Gasteiger charge is -2.30. The van der Waals surface area contributed by atoms with E-state index in [4.69, 9.17) is 9.47 Å². The van der Waals surface area contributed by atoms with E-state index in [0.717, 1.165) is 31.6 Å². The average Bonchev–Trinajstić information content (AvgIpc) is 3.34. The number of hydrogen-bond donors (Lipinski definition) is 1. The molecule has 0 saturated carbocycles. The first kappa shape index (κ1) is 17.8. The van der Waals surface area contributed by atoms with E-state index >= 15 is 0 Å². The van der Waals surface area contributed by atoms with E-state index in [2.05, 4.69) is 9.62 Å². The number of benzene rings is 1. The number of thiophene rings is 1. The van der Waals surface area contributed by atoms with Crippen molar-refractivity contribution in [3.8, 4) is 0 Å². The Morgan fingerprint density at radius 1 is 1.04 bits per heavy atom. The van der Waals surface area contributed by atoms with Crippen LogP contribution in [-0.4, -0.2) is 34.7 Å². The smallest absolute Gasteiger partial charge is 0.271 e.